The van der Waals surface area contributed by atoms with Crippen LogP contribution in [0.15, 0.2) is 66.7 Å². The normalized spacial score (nSPS) is 17.1. The van der Waals surface area contributed by atoms with E-state index in [0.29, 0.717) is 29.0 Å². The van der Waals surface area contributed by atoms with Crippen molar-refractivity contribution in [3.05, 3.63) is 89.0 Å². The molecule has 2 atom stereocenters. The van der Waals surface area contributed by atoms with Crippen LogP contribution in [0, 0.1) is 0 Å². The van der Waals surface area contributed by atoms with Crippen molar-refractivity contribution in [1.82, 2.24) is 5.32 Å². The fourth-order valence-electron chi connectivity index (χ4n) is 4.16. The number of carboxylic acids is 1. The van der Waals surface area contributed by atoms with Gasteiger partial charge in [0.2, 0.25) is 0 Å². The van der Waals surface area contributed by atoms with Crippen molar-refractivity contribution < 1.29 is 42.1 Å². The molecule has 0 bridgehead atoms. The first-order valence-corrected chi connectivity index (χ1v) is 11.7. The largest absolute Gasteiger partial charge is 0.497 e. The van der Waals surface area contributed by atoms with Crippen LogP contribution in [0.3, 0.4) is 0 Å². The number of halogens is 3. The number of fused-ring (bicyclic) bond motifs is 1. The summed E-state index contributed by atoms with van der Waals surface area (Å²) in [6.07, 6.45) is -4.75. The van der Waals surface area contributed by atoms with Gasteiger partial charge in [-0.15, -0.1) is 0 Å². The van der Waals surface area contributed by atoms with Crippen LogP contribution in [0.1, 0.15) is 59.5 Å². The van der Waals surface area contributed by atoms with E-state index in [4.69, 9.17) is 14.2 Å². The van der Waals surface area contributed by atoms with Gasteiger partial charge in [0.05, 0.1) is 24.3 Å². The first kappa shape index (κ1) is 26.8. The fourth-order valence-corrected chi connectivity index (χ4v) is 4.16. The lowest BCUT2D eigenvalue weighted by Crippen LogP contribution is -2.48. The smallest absolute Gasteiger partial charge is 0.416 e. The Kier molecular flexibility index (Phi) is 7.26. The Labute approximate surface area is 217 Å². The summed E-state index contributed by atoms with van der Waals surface area (Å²) in [5.74, 6) is -0.657. The topological polar surface area (TPSA) is 94.1 Å². The molecule has 0 unspecified atom stereocenters. The summed E-state index contributed by atoms with van der Waals surface area (Å²) in [5, 5.41) is 12.1. The first-order valence-electron chi connectivity index (χ1n) is 11.7. The van der Waals surface area contributed by atoms with E-state index in [1.165, 1.54) is 45.2 Å². The summed E-state index contributed by atoms with van der Waals surface area (Å²) in [7, 11) is 1.51. The number of methoxy groups -OCH3 is 1. The molecular formula is C28H26F3NO6. The van der Waals surface area contributed by atoms with Gasteiger partial charge in [0.25, 0.3) is 5.91 Å². The number of carbonyl (C=O) groups excluding carboxylic acids is 1. The SMILES string of the molecule is COc1ccc2c(c1)O[C@@H](c1ccc(C(=O)O)cc1)C[C@H]2NC(=O)C(C)(C)Oc1cccc(C(F)(F)F)c1. The minimum Gasteiger partial charge on any atom is -0.497 e. The minimum atomic E-state index is -4.55. The van der Waals surface area contributed by atoms with Crippen LogP contribution in [0.25, 0.3) is 0 Å². The number of carbonyl (C=O) groups is 2. The summed E-state index contributed by atoms with van der Waals surface area (Å²) in [6, 6.07) is 15.3. The van der Waals surface area contributed by atoms with Crippen LogP contribution in [-0.4, -0.2) is 29.7 Å². The molecule has 0 aliphatic carbocycles. The van der Waals surface area contributed by atoms with E-state index in [1.807, 2.05) is 0 Å². The van der Waals surface area contributed by atoms with Gasteiger partial charge in [-0.3, -0.25) is 4.79 Å². The van der Waals surface area contributed by atoms with Crippen molar-refractivity contribution in [2.45, 2.75) is 44.2 Å². The summed E-state index contributed by atoms with van der Waals surface area (Å²) >= 11 is 0. The summed E-state index contributed by atoms with van der Waals surface area (Å²) in [6.45, 7) is 2.94. The number of hydrogen-bond donors (Lipinski definition) is 2. The molecule has 0 aromatic heterocycles. The Hall–Kier alpha value is -4.21. The highest BCUT2D eigenvalue weighted by atomic mass is 19.4. The second-order valence-electron chi connectivity index (χ2n) is 9.34. The number of benzene rings is 3. The van der Waals surface area contributed by atoms with Crippen LogP contribution in [0.4, 0.5) is 13.2 Å². The zero-order valence-electron chi connectivity index (χ0n) is 20.8. The Morgan fingerprint density at radius 2 is 1.71 bits per heavy atom. The van der Waals surface area contributed by atoms with Gasteiger partial charge in [-0.1, -0.05) is 18.2 Å². The van der Waals surface area contributed by atoms with Gasteiger partial charge in [-0.2, -0.15) is 13.2 Å². The highest BCUT2D eigenvalue weighted by Gasteiger charge is 2.37. The lowest BCUT2D eigenvalue weighted by Gasteiger charge is -2.35. The molecule has 1 aliphatic heterocycles. The van der Waals surface area contributed by atoms with E-state index in [9.17, 15) is 27.9 Å². The van der Waals surface area contributed by atoms with Crippen molar-refractivity contribution in [2.24, 2.45) is 0 Å². The minimum absolute atomic E-state index is 0.0894. The van der Waals surface area contributed by atoms with Gasteiger partial charge in [-0.05, 0) is 61.9 Å². The number of nitrogens with one attached hydrogen (secondary N) is 1. The Balaban J connectivity index is 1.58. The number of alkyl halides is 3. The summed E-state index contributed by atoms with van der Waals surface area (Å²) in [4.78, 5) is 24.6. The second-order valence-corrected chi connectivity index (χ2v) is 9.34. The van der Waals surface area contributed by atoms with Gasteiger partial charge < -0.3 is 24.6 Å². The zero-order chi connectivity index (χ0) is 27.7. The van der Waals surface area contributed by atoms with E-state index >= 15 is 0 Å². The van der Waals surface area contributed by atoms with Gasteiger partial charge in [-0.25, -0.2) is 4.79 Å². The van der Waals surface area contributed by atoms with Crippen LogP contribution < -0.4 is 19.5 Å². The van der Waals surface area contributed by atoms with E-state index < -0.39 is 41.4 Å². The van der Waals surface area contributed by atoms with Crippen molar-refractivity contribution in [3.63, 3.8) is 0 Å². The predicted octanol–water partition coefficient (Wildman–Crippen LogP) is 5.95. The molecule has 38 heavy (non-hydrogen) atoms. The highest BCUT2D eigenvalue weighted by Crippen LogP contribution is 2.43. The molecule has 0 fully saturated rings. The van der Waals surface area contributed by atoms with E-state index in [2.05, 4.69) is 5.32 Å². The molecular weight excluding hydrogens is 503 g/mol. The maximum absolute atomic E-state index is 13.3. The van der Waals surface area contributed by atoms with E-state index in [1.54, 1.807) is 30.3 Å². The van der Waals surface area contributed by atoms with Crippen molar-refractivity contribution >= 4 is 11.9 Å². The third-order valence-corrected chi connectivity index (χ3v) is 6.23. The second kappa shape index (κ2) is 10.3. The molecule has 3 aromatic rings. The zero-order valence-corrected chi connectivity index (χ0v) is 20.8. The van der Waals surface area contributed by atoms with Crippen LogP contribution in [0.2, 0.25) is 0 Å². The first-order chi connectivity index (χ1) is 17.9. The number of rotatable bonds is 7. The van der Waals surface area contributed by atoms with Gasteiger partial charge >= 0.3 is 12.1 Å². The fraction of sp³-hybridized carbons (Fsp3) is 0.286. The van der Waals surface area contributed by atoms with Crippen LogP contribution >= 0.6 is 0 Å². The third-order valence-electron chi connectivity index (χ3n) is 6.23. The highest BCUT2D eigenvalue weighted by molar-refractivity contribution is 5.87. The average molecular weight is 530 g/mol. The number of ether oxygens (including phenoxy) is 3. The molecule has 4 rings (SSSR count). The van der Waals surface area contributed by atoms with Crippen molar-refractivity contribution in [1.29, 1.82) is 0 Å². The molecule has 7 nitrogen and oxygen atoms in total. The lowest BCUT2D eigenvalue weighted by atomic mass is 9.91. The Morgan fingerprint density at radius 1 is 1.00 bits per heavy atom. The average Bonchev–Trinajstić information content (AvgIpc) is 2.87. The Bertz CT molecular complexity index is 1340. The van der Waals surface area contributed by atoms with Crippen LogP contribution in [-0.2, 0) is 11.0 Å². The van der Waals surface area contributed by atoms with Crippen LogP contribution in [0.5, 0.6) is 17.2 Å². The molecule has 0 radical (unpaired) electrons. The summed E-state index contributed by atoms with van der Waals surface area (Å²) in [5.41, 5.74) is -0.858. The molecule has 1 aliphatic rings. The lowest BCUT2D eigenvalue weighted by molar-refractivity contribution is -0.138. The monoisotopic (exact) mass is 529 g/mol. The maximum atomic E-state index is 13.3. The molecule has 0 saturated carbocycles. The van der Waals surface area contributed by atoms with Gasteiger partial charge in [0.15, 0.2) is 5.60 Å². The van der Waals surface area contributed by atoms with Crippen molar-refractivity contribution in [2.75, 3.05) is 7.11 Å². The quantitative estimate of drug-likeness (QED) is 0.393. The van der Waals surface area contributed by atoms with Crippen molar-refractivity contribution in [3.8, 4) is 17.2 Å². The molecule has 0 saturated heterocycles. The Morgan fingerprint density at radius 3 is 2.34 bits per heavy atom. The number of carboxylic acid groups (broad SMARTS) is 1. The number of aromatic carboxylic acids is 1. The van der Waals surface area contributed by atoms with E-state index in [-0.39, 0.29) is 11.3 Å². The molecule has 1 heterocycles. The standard InChI is InChI=1S/C28H26F3NO6/c1-27(2,38-20-6-4-5-18(13-20)28(29,30)31)26(35)32-22-15-23(16-7-9-17(10-8-16)25(33)34)37-24-14-19(36-3)11-12-21(22)24/h4-14,22-23H,15H2,1-3H3,(H,32,35)(H,33,34)/t22-,23-/m1/s1. The predicted molar refractivity (Wildman–Crippen MR) is 131 cm³/mol. The molecule has 0 spiro atoms. The maximum Gasteiger partial charge on any atom is 0.416 e. The number of amides is 1. The molecule has 10 heteroatoms. The van der Waals surface area contributed by atoms with E-state index in [0.717, 1.165) is 12.1 Å². The number of hydrogen-bond acceptors (Lipinski definition) is 5. The molecule has 3 aromatic carbocycles. The third kappa shape index (κ3) is 5.85. The molecule has 200 valence electrons. The van der Waals surface area contributed by atoms with Gasteiger partial charge in [0, 0.05) is 18.1 Å². The summed E-state index contributed by atoms with van der Waals surface area (Å²) < 4.78 is 56.5. The van der Waals surface area contributed by atoms with Gasteiger partial charge in [0.1, 0.15) is 23.4 Å². The molecule has 2 N–H and O–H groups in total. The molecule has 1 amide bonds.